The van der Waals surface area contributed by atoms with Gasteiger partial charge in [0.15, 0.2) is 5.83 Å². The van der Waals surface area contributed by atoms with E-state index in [0.717, 1.165) is 56.7 Å². The number of rotatable bonds is 8. The van der Waals surface area contributed by atoms with Crippen LogP contribution in [0.3, 0.4) is 0 Å². The Kier molecular flexibility index (Phi) is 7.01. The predicted octanol–water partition coefficient (Wildman–Crippen LogP) is 2.80. The van der Waals surface area contributed by atoms with Crippen LogP contribution in [0.2, 0.25) is 0 Å². The molecule has 1 fully saturated rings. The molecule has 0 radical (unpaired) electrons. The Hall–Kier alpha value is -2.64. The first-order chi connectivity index (χ1) is 13.3. The van der Waals surface area contributed by atoms with Crippen molar-refractivity contribution >= 4 is 29.5 Å². The minimum Gasteiger partial charge on any atom is -0.368 e. The van der Waals surface area contributed by atoms with Crippen molar-refractivity contribution in [3.8, 4) is 0 Å². The molecule has 0 atom stereocenters. The molecule has 0 unspecified atom stereocenters. The van der Waals surface area contributed by atoms with Crippen molar-refractivity contribution in [3.63, 3.8) is 0 Å². The first-order valence-electron chi connectivity index (χ1n) is 9.10. The lowest BCUT2D eigenvalue weighted by molar-refractivity contribution is 0.139. The SMILES string of the molecule is C=N/C=C(F)\C=N/CN1CCN(CCNc2nccc3ccccc23)CC1. The fraction of sp³-hybridized carbons (Fsp3) is 0.350. The number of aromatic nitrogens is 1. The van der Waals surface area contributed by atoms with Crippen LogP contribution in [0.15, 0.2) is 58.5 Å². The smallest absolute Gasteiger partial charge is 0.159 e. The number of halogens is 1. The van der Waals surface area contributed by atoms with Crippen LogP contribution in [0.5, 0.6) is 0 Å². The van der Waals surface area contributed by atoms with E-state index in [2.05, 4.69) is 48.9 Å². The van der Waals surface area contributed by atoms with Gasteiger partial charge in [-0.15, -0.1) is 0 Å². The van der Waals surface area contributed by atoms with Crippen molar-refractivity contribution in [2.75, 3.05) is 51.3 Å². The molecule has 27 heavy (non-hydrogen) atoms. The van der Waals surface area contributed by atoms with E-state index in [9.17, 15) is 4.39 Å². The van der Waals surface area contributed by atoms with E-state index < -0.39 is 5.83 Å². The maximum atomic E-state index is 13.1. The molecule has 1 N–H and O–H groups in total. The van der Waals surface area contributed by atoms with Gasteiger partial charge in [0.2, 0.25) is 0 Å². The number of fused-ring (bicyclic) bond motifs is 1. The third-order valence-electron chi connectivity index (χ3n) is 4.57. The van der Waals surface area contributed by atoms with Gasteiger partial charge < -0.3 is 5.32 Å². The number of benzene rings is 1. The zero-order valence-corrected chi connectivity index (χ0v) is 15.4. The number of aliphatic imine (C=N–C) groups is 2. The molecule has 0 saturated carbocycles. The average molecular weight is 368 g/mol. The van der Waals surface area contributed by atoms with E-state index in [1.165, 1.54) is 11.6 Å². The fourth-order valence-corrected chi connectivity index (χ4v) is 3.11. The van der Waals surface area contributed by atoms with Gasteiger partial charge in [0, 0.05) is 50.9 Å². The van der Waals surface area contributed by atoms with E-state index in [1.807, 2.05) is 24.4 Å². The number of pyridine rings is 1. The Morgan fingerprint density at radius 1 is 1.19 bits per heavy atom. The number of piperazine rings is 1. The van der Waals surface area contributed by atoms with Crippen LogP contribution >= 0.6 is 0 Å². The van der Waals surface area contributed by atoms with Gasteiger partial charge in [-0.2, -0.15) is 0 Å². The summed E-state index contributed by atoms with van der Waals surface area (Å²) in [6.45, 7) is 9.34. The molecule has 1 aliphatic rings. The Labute approximate surface area is 159 Å². The first kappa shape index (κ1) is 19.1. The maximum Gasteiger partial charge on any atom is 0.159 e. The predicted molar refractivity (Wildman–Crippen MR) is 110 cm³/mol. The molecule has 0 bridgehead atoms. The lowest BCUT2D eigenvalue weighted by atomic mass is 10.1. The van der Waals surface area contributed by atoms with E-state index in [4.69, 9.17) is 0 Å². The number of allylic oxidation sites excluding steroid dienone is 1. The van der Waals surface area contributed by atoms with E-state index in [0.29, 0.717) is 6.67 Å². The number of nitrogens with zero attached hydrogens (tertiary/aromatic N) is 5. The van der Waals surface area contributed by atoms with E-state index >= 15 is 0 Å². The van der Waals surface area contributed by atoms with Crippen LogP contribution in [0.4, 0.5) is 10.2 Å². The third kappa shape index (κ3) is 5.67. The van der Waals surface area contributed by atoms with Gasteiger partial charge in [-0.05, 0) is 18.2 Å². The van der Waals surface area contributed by atoms with Gasteiger partial charge in [0.25, 0.3) is 0 Å². The quantitative estimate of drug-likeness (QED) is 0.728. The largest absolute Gasteiger partial charge is 0.368 e. The highest BCUT2D eigenvalue weighted by Crippen LogP contribution is 2.20. The summed E-state index contributed by atoms with van der Waals surface area (Å²) in [5, 5.41) is 5.80. The third-order valence-corrected chi connectivity index (χ3v) is 4.57. The molecular formula is C20H25FN6. The average Bonchev–Trinajstić information content (AvgIpc) is 2.70. The van der Waals surface area contributed by atoms with Gasteiger partial charge in [-0.1, -0.05) is 24.3 Å². The molecule has 1 aromatic heterocycles. The highest BCUT2D eigenvalue weighted by atomic mass is 19.1. The fourth-order valence-electron chi connectivity index (χ4n) is 3.11. The topological polar surface area (TPSA) is 56.1 Å². The van der Waals surface area contributed by atoms with Crippen LogP contribution in [0.25, 0.3) is 10.8 Å². The Morgan fingerprint density at radius 2 is 1.96 bits per heavy atom. The maximum absolute atomic E-state index is 13.1. The van der Waals surface area contributed by atoms with Crippen molar-refractivity contribution in [1.82, 2.24) is 14.8 Å². The van der Waals surface area contributed by atoms with Crippen LogP contribution < -0.4 is 5.32 Å². The molecule has 7 heteroatoms. The molecule has 0 amide bonds. The van der Waals surface area contributed by atoms with Gasteiger partial charge in [-0.25, -0.2) is 9.37 Å². The molecule has 3 rings (SSSR count). The van der Waals surface area contributed by atoms with Crippen LogP contribution in [-0.4, -0.2) is 73.7 Å². The first-order valence-corrected chi connectivity index (χ1v) is 9.10. The lowest BCUT2D eigenvalue weighted by Crippen LogP contribution is -2.47. The normalized spacial score (nSPS) is 16.9. The highest BCUT2D eigenvalue weighted by Gasteiger charge is 2.15. The lowest BCUT2D eigenvalue weighted by Gasteiger charge is -2.33. The second-order valence-corrected chi connectivity index (χ2v) is 6.42. The minimum atomic E-state index is -0.475. The second-order valence-electron chi connectivity index (χ2n) is 6.42. The summed E-state index contributed by atoms with van der Waals surface area (Å²) in [6.07, 6.45) is 4.09. The molecule has 1 saturated heterocycles. The molecule has 2 aromatic rings. The molecule has 2 heterocycles. The summed E-state index contributed by atoms with van der Waals surface area (Å²) in [7, 11) is 0. The standard InChI is InChI=1S/C20H25FN6/c1-22-14-18(21)15-23-16-27-12-10-26(11-13-27)9-8-25-20-19-5-3-2-4-17(19)6-7-24-20/h2-7,14-15H,1,8-13,16H2,(H,24,25)/b18-14+,23-15-. The molecule has 0 spiro atoms. The van der Waals surface area contributed by atoms with Crippen molar-refractivity contribution in [2.45, 2.75) is 0 Å². The van der Waals surface area contributed by atoms with E-state index in [-0.39, 0.29) is 0 Å². The summed E-state index contributed by atoms with van der Waals surface area (Å²) in [4.78, 5) is 16.6. The van der Waals surface area contributed by atoms with E-state index in [1.54, 1.807) is 0 Å². The molecule has 142 valence electrons. The minimum absolute atomic E-state index is 0.475. The molecule has 1 aromatic carbocycles. The summed E-state index contributed by atoms with van der Waals surface area (Å²) in [6, 6.07) is 10.3. The zero-order valence-electron chi connectivity index (χ0n) is 15.4. The highest BCUT2D eigenvalue weighted by molar-refractivity contribution is 5.91. The number of hydrogen-bond acceptors (Lipinski definition) is 6. The van der Waals surface area contributed by atoms with Crippen LogP contribution in [0.1, 0.15) is 0 Å². The molecule has 0 aliphatic carbocycles. The van der Waals surface area contributed by atoms with Crippen molar-refractivity contribution in [3.05, 3.63) is 48.6 Å². The van der Waals surface area contributed by atoms with Gasteiger partial charge >= 0.3 is 0 Å². The van der Waals surface area contributed by atoms with Crippen molar-refractivity contribution in [1.29, 1.82) is 0 Å². The van der Waals surface area contributed by atoms with Crippen molar-refractivity contribution < 1.29 is 4.39 Å². The molecule has 6 nitrogen and oxygen atoms in total. The molecule has 1 aliphatic heterocycles. The van der Waals surface area contributed by atoms with Crippen LogP contribution in [-0.2, 0) is 0 Å². The van der Waals surface area contributed by atoms with Gasteiger partial charge in [0.1, 0.15) is 5.82 Å². The monoisotopic (exact) mass is 368 g/mol. The summed E-state index contributed by atoms with van der Waals surface area (Å²) < 4.78 is 13.1. The van der Waals surface area contributed by atoms with Crippen LogP contribution in [0, 0.1) is 0 Å². The van der Waals surface area contributed by atoms with Gasteiger partial charge in [-0.3, -0.25) is 19.8 Å². The Balaban J connectivity index is 1.40. The number of hydrogen-bond donors (Lipinski definition) is 1. The molecular weight excluding hydrogens is 343 g/mol. The Morgan fingerprint density at radius 3 is 2.78 bits per heavy atom. The second kappa shape index (κ2) is 9.89. The zero-order chi connectivity index (χ0) is 18.9. The summed E-state index contributed by atoms with van der Waals surface area (Å²) in [5.41, 5.74) is 0. The Bertz CT molecular complexity index is 806. The number of anilines is 1. The summed E-state index contributed by atoms with van der Waals surface area (Å²) >= 11 is 0. The number of nitrogens with one attached hydrogen (secondary N) is 1. The summed E-state index contributed by atoms with van der Waals surface area (Å²) in [5.74, 6) is 0.460. The van der Waals surface area contributed by atoms with Gasteiger partial charge in [0.05, 0.1) is 19.1 Å². The van der Waals surface area contributed by atoms with Crippen molar-refractivity contribution in [2.24, 2.45) is 9.98 Å².